The van der Waals surface area contributed by atoms with Crippen LogP contribution < -0.4 is 15.2 Å². The highest BCUT2D eigenvalue weighted by atomic mass is 32.2. The van der Waals surface area contributed by atoms with Crippen molar-refractivity contribution in [1.82, 2.24) is 9.97 Å². The predicted molar refractivity (Wildman–Crippen MR) is 125 cm³/mol. The second-order valence-corrected chi connectivity index (χ2v) is 10.2. The number of rotatable bonds is 7. The normalized spacial score (nSPS) is 11.8. The van der Waals surface area contributed by atoms with E-state index in [4.69, 9.17) is 5.14 Å². The Morgan fingerprint density at radius 1 is 0.765 bits per heavy atom. The number of nitrogens with zero attached hydrogens (tertiary/aromatic N) is 3. The van der Waals surface area contributed by atoms with Crippen LogP contribution in [0.3, 0.4) is 0 Å². The Labute approximate surface area is 193 Å². The molecular weight excluding hydrogens is 484 g/mol. The third kappa shape index (κ3) is 4.93. The van der Waals surface area contributed by atoms with Gasteiger partial charge in [-0.15, -0.1) is 0 Å². The van der Waals surface area contributed by atoms with Gasteiger partial charge in [-0.25, -0.2) is 31.9 Å². The number of nitro groups is 1. The zero-order valence-corrected chi connectivity index (χ0v) is 18.7. The van der Waals surface area contributed by atoms with E-state index in [1.807, 2.05) is 0 Å². The lowest BCUT2D eigenvalue weighted by atomic mass is 10.3. The summed E-state index contributed by atoms with van der Waals surface area (Å²) in [6, 6.07) is 16.6. The summed E-state index contributed by atoms with van der Waals surface area (Å²) in [4.78, 5) is 18.7. The Morgan fingerprint density at radius 3 is 1.82 bits per heavy atom. The number of para-hydroxylation sites is 2. The Kier molecular flexibility index (Phi) is 5.87. The van der Waals surface area contributed by atoms with Crippen LogP contribution >= 0.6 is 0 Å². The molecule has 0 fully saturated rings. The molecule has 0 radical (unpaired) electrons. The molecule has 0 unspecified atom stereocenters. The number of sulfonamides is 2. The molecule has 12 nitrogen and oxygen atoms in total. The molecule has 0 aliphatic carbocycles. The number of nitrogens with one attached hydrogen (secondary N) is 2. The van der Waals surface area contributed by atoms with Crippen molar-refractivity contribution in [1.29, 1.82) is 0 Å². The highest BCUT2D eigenvalue weighted by Gasteiger charge is 2.20. The van der Waals surface area contributed by atoms with Crippen molar-refractivity contribution < 1.29 is 21.8 Å². The number of benzene rings is 3. The first-order chi connectivity index (χ1) is 16.0. The van der Waals surface area contributed by atoms with Crippen molar-refractivity contribution >= 4 is 54.1 Å². The van der Waals surface area contributed by atoms with E-state index in [2.05, 4.69) is 20.0 Å². The summed E-state index contributed by atoms with van der Waals surface area (Å²) >= 11 is 0. The molecule has 0 atom stereocenters. The van der Waals surface area contributed by atoms with Gasteiger partial charge in [-0.05, 0) is 48.5 Å². The van der Waals surface area contributed by atoms with E-state index in [0.29, 0.717) is 16.7 Å². The molecule has 4 N–H and O–H groups in total. The van der Waals surface area contributed by atoms with E-state index < -0.39 is 25.0 Å². The standard InChI is InChI=1S/C20H16N6O6S2/c21-33(29,30)15-9-5-13(6-10-15)22-19-20(24-18-4-2-1-3-17(18)23-19)25-34(31,32)16-11-7-14(8-12-16)26(27)28/h1-12H,(H,22,23)(H,24,25)(H2,21,29,30). The van der Waals surface area contributed by atoms with E-state index >= 15 is 0 Å². The van der Waals surface area contributed by atoms with Crippen molar-refractivity contribution in [2.75, 3.05) is 10.0 Å². The number of primary sulfonamides is 1. The van der Waals surface area contributed by atoms with Crippen LogP contribution in [0.5, 0.6) is 0 Å². The number of anilines is 3. The van der Waals surface area contributed by atoms with Gasteiger partial charge in [0.1, 0.15) is 0 Å². The van der Waals surface area contributed by atoms with Crippen LogP contribution in [0.1, 0.15) is 0 Å². The molecule has 0 spiro atoms. The van der Waals surface area contributed by atoms with E-state index in [1.165, 1.54) is 24.3 Å². The monoisotopic (exact) mass is 500 g/mol. The molecule has 14 heteroatoms. The number of nitro benzene ring substituents is 1. The van der Waals surface area contributed by atoms with E-state index in [-0.39, 0.29) is 27.1 Å². The van der Waals surface area contributed by atoms with Crippen LogP contribution in [-0.2, 0) is 20.0 Å². The maximum Gasteiger partial charge on any atom is 0.269 e. The average Bonchev–Trinajstić information content (AvgIpc) is 2.79. The molecule has 0 bridgehead atoms. The highest BCUT2D eigenvalue weighted by molar-refractivity contribution is 7.92. The van der Waals surface area contributed by atoms with Crippen LogP contribution in [0.15, 0.2) is 82.6 Å². The Morgan fingerprint density at radius 2 is 1.29 bits per heavy atom. The van der Waals surface area contributed by atoms with Crippen molar-refractivity contribution in [2.24, 2.45) is 5.14 Å². The van der Waals surface area contributed by atoms with Gasteiger partial charge < -0.3 is 5.32 Å². The molecule has 3 aromatic carbocycles. The van der Waals surface area contributed by atoms with Gasteiger partial charge in [0.15, 0.2) is 11.6 Å². The largest absolute Gasteiger partial charge is 0.337 e. The predicted octanol–water partition coefficient (Wildman–Crippen LogP) is 2.73. The van der Waals surface area contributed by atoms with Gasteiger partial charge in [0.2, 0.25) is 10.0 Å². The van der Waals surface area contributed by atoms with Crippen molar-refractivity contribution in [3.05, 3.63) is 82.9 Å². The van der Waals surface area contributed by atoms with Crippen LogP contribution in [0.25, 0.3) is 11.0 Å². The summed E-state index contributed by atoms with van der Waals surface area (Å²) < 4.78 is 51.1. The Hall–Kier alpha value is -4.14. The molecule has 4 aromatic rings. The second kappa shape index (κ2) is 8.66. The second-order valence-electron chi connectivity index (χ2n) is 6.96. The molecule has 1 aromatic heterocycles. The zero-order chi connectivity index (χ0) is 24.5. The molecule has 0 amide bonds. The minimum atomic E-state index is -4.18. The zero-order valence-electron chi connectivity index (χ0n) is 17.1. The minimum Gasteiger partial charge on any atom is -0.337 e. The van der Waals surface area contributed by atoms with E-state index in [0.717, 1.165) is 24.3 Å². The lowest BCUT2D eigenvalue weighted by Gasteiger charge is -2.14. The van der Waals surface area contributed by atoms with Gasteiger partial charge >= 0.3 is 0 Å². The first-order valence-corrected chi connectivity index (χ1v) is 12.5. The van der Waals surface area contributed by atoms with Crippen LogP contribution in [0, 0.1) is 10.1 Å². The summed E-state index contributed by atoms with van der Waals surface area (Å²) in [5.41, 5.74) is 1.03. The number of hydrogen-bond acceptors (Lipinski definition) is 9. The maximum atomic E-state index is 12.9. The van der Waals surface area contributed by atoms with Gasteiger partial charge in [0, 0.05) is 17.8 Å². The molecule has 0 saturated heterocycles. The van der Waals surface area contributed by atoms with Gasteiger partial charge in [-0.3, -0.25) is 14.8 Å². The van der Waals surface area contributed by atoms with Crippen LogP contribution in [0.2, 0.25) is 0 Å². The fourth-order valence-corrected chi connectivity index (χ4v) is 4.48. The van der Waals surface area contributed by atoms with Gasteiger partial charge in [0.25, 0.3) is 15.7 Å². The molecule has 0 aliphatic rings. The third-order valence-corrected chi connectivity index (χ3v) is 6.89. The average molecular weight is 501 g/mol. The van der Waals surface area contributed by atoms with Crippen molar-refractivity contribution in [3.8, 4) is 0 Å². The Balaban J connectivity index is 1.72. The summed E-state index contributed by atoms with van der Waals surface area (Å²) in [7, 11) is -8.06. The summed E-state index contributed by atoms with van der Waals surface area (Å²) in [6.45, 7) is 0. The number of non-ortho nitro benzene ring substituents is 1. The van der Waals surface area contributed by atoms with Crippen molar-refractivity contribution in [2.45, 2.75) is 9.79 Å². The lowest BCUT2D eigenvalue weighted by molar-refractivity contribution is -0.384. The number of hydrogen-bond donors (Lipinski definition) is 3. The number of aromatic nitrogens is 2. The quantitative estimate of drug-likeness (QED) is 0.253. The molecule has 0 aliphatic heterocycles. The third-order valence-electron chi connectivity index (χ3n) is 4.61. The molecule has 1 heterocycles. The van der Waals surface area contributed by atoms with Gasteiger partial charge in [-0.1, -0.05) is 12.1 Å². The summed E-state index contributed by atoms with van der Waals surface area (Å²) in [5, 5.41) is 18.9. The van der Waals surface area contributed by atoms with Crippen molar-refractivity contribution in [3.63, 3.8) is 0 Å². The number of nitrogens with two attached hydrogens (primary N) is 1. The van der Waals surface area contributed by atoms with Crippen LogP contribution in [-0.4, -0.2) is 31.7 Å². The van der Waals surface area contributed by atoms with Gasteiger partial charge in [-0.2, -0.15) is 0 Å². The molecule has 34 heavy (non-hydrogen) atoms. The van der Waals surface area contributed by atoms with E-state index in [9.17, 15) is 26.9 Å². The Bertz CT molecular complexity index is 1610. The van der Waals surface area contributed by atoms with E-state index in [1.54, 1.807) is 24.3 Å². The fourth-order valence-electron chi connectivity index (χ4n) is 2.96. The molecule has 0 saturated carbocycles. The first-order valence-electron chi connectivity index (χ1n) is 9.47. The molecule has 4 rings (SSSR count). The molecular formula is C20H16N6O6S2. The van der Waals surface area contributed by atoms with Crippen LogP contribution in [0.4, 0.5) is 23.0 Å². The topological polar surface area (TPSA) is 187 Å². The highest BCUT2D eigenvalue weighted by Crippen LogP contribution is 2.28. The fraction of sp³-hybridized carbons (Fsp3) is 0. The minimum absolute atomic E-state index is 0.0487. The SMILES string of the molecule is NS(=O)(=O)c1ccc(Nc2nc3ccccc3nc2NS(=O)(=O)c2ccc([N+](=O)[O-])cc2)cc1. The smallest absolute Gasteiger partial charge is 0.269 e. The number of fused-ring (bicyclic) bond motifs is 1. The maximum absolute atomic E-state index is 12.9. The molecule has 174 valence electrons. The summed E-state index contributed by atoms with van der Waals surface area (Å²) in [5.74, 6) is -0.0832. The first kappa shape index (κ1) is 23.0. The van der Waals surface area contributed by atoms with Gasteiger partial charge in [0.05, 0.1) is 25.7 Å². The lowest BCUT2D eigenvalue weighted by Crippen LogP contribution is -2.16. The summed E-state index contributed by atoms with van der Waals surface area (Å²) in [6.07, 6.45) is 0.